The van der Waals surface area contributed by atoms with Crippen molar-refractivity contribution in [1.82, 2.24) is 0 Å². The summed E-state index contributed by atoms with van der Waals surface area (Å²) in [6, 6.07) is 58.6. The Hall–Kier alpha value is -7.10. The second-order valence-electron chi connectivity index (χ2n) is 15.1. The van der Waals surface area contributed by atoms with Gasteiger partial charge in [-0.2, -0.15) is 0 Å². The molecule has 1 atom stereocenters. The van der Waals surface area contributed by atoms with Crippen molar-refractivity contribution in [3.05, 3.63) is 211 Å². The Morgan fingerprint density at radius 1 is 0.491 bits per heavy atom. The Morgan fingerprint density at radius 3 is 1.86 bits per heavy atom. The van der Waals surface area contributed by atoms with Gasteiger partial charge < -0.3 is 13.7 Å². The molecule has 0 spiro atoms. The maximum atomic E-state index is 6.50. The SMILES string of the molecule is C1=Cc2oc3c(C4C=CC(N(c5ccc(-c6ccc(-c7ccccc7)cc6)cc5)c5ccc(-c6cccc7c6oc6ccccc67)cc5)=CC4)cccc3c2CC1. The standard InChI is InChI=1S/C54H39NO2/c1-2-10-36(11-3-1)37-20-22-38(23-21-37)39-24-30-42(31-25-39)55(43-32-26-40(27-33-43)45-14-8-16-49-47-12-4-6-18-51(47)56-53(45)49)44-34-28-41(29-35-44)46-15-9-17-50-48-13-5-7-19-52(48)57-54(46)50/h1-4,6-12,14-28,30-35,41H,5,13,29H2. The van der Waals surface area contributed by atoms with E-state index in [-0.39, 0.29) is 5.92 Å². The quantitative estimate of drug-likeness (QED) is 0.163. The Kier molecular flexibility index (Phi) is 8.10. The fourth-order valence-corrected chi connectivity index (χ4v) is 8.82. The van der Waals surface area contributed by atoms with E-state index < -0.39 is 0 Å². The largest absolute Gasteiger partial charge is 0.456 e. The summed E-state index contributed by atoms with van der Waals surface area (Å²) in [5.41, 5.74) is 15.8. The third kappa shape index (κ3) is 5.91. The first kappa shape index (κ1) is 33.3. The number of hydrogen-bond donors (Lipinski definition) is 0. The van der Waals surface area contributed by atoms with Gasteiger partial charge in [-0.15, -0.1) is 0 Å². The fourth-order valence-electron chi connectivity index (χ4n) is 8.82. The molecule has 0 saturated carbocycles. The van der Waals surface area contributed by atoms with Crippen LogP contribution in [0, 0.1) is 0 Å². The molecule has 0 bridgehead atoms. The third-order valence-corrected chi connectivity index (χ3v) is 11.7. The highest BCUT2D eigenvalue weighted by atomic mass is 16.3. The highest BCUT2D eigenvalue weighted by Gasteiger charge is 2.23. The molecule has 2 heterocycles. The first-order valence-electron chi connectivity index (χ1n) is 19.9. The molecule has 2 aromatic heterocycles. The number of nitrogens with zero attached hydrogens (tertiary/aromatic N) is 1. The van der Waals surface area contributed by atoms with Gasteiger partial charge in [-0.3, -0.25) is 0 Å². The number of hydrogen-bond acceptors (Lipinski definition) is 3. The number of rotatable bonds is 7. The van der Waals surface area contributed by atoms with Gasteiger partial charge in [-0.25, -0.2) is 0 Å². The van der Waals surface area contributed by atoms with Gasteiger partial charge in [0.25, 0.3) is 0 Å². The molecule has 57 heavy (non-hydrogen) atoms. The molecule has 3 heteroatoms. The van der Waals surface area contributed by atoms with Crippen LogP contribution in [0.5, 0.6) is 0 Å². The molecule has 1 unspecified atom stereocenters. The Morgan fingerprint density at radius 2 is 1.12 bits per heavy atom. The summed E-state index contributed by atoms with van der Waals surface area (Å²) in [5.74, 6) is 1.24. The van der Waals surface area contributed by atoms with Gasteiger partial charge in [-0.1, -0.05) is 152 Å². The average Bonchev–Trinajstić information content (AvgIpc) is 3.87. The minimum atomic E-state index is 0.226. The first-order chi connectivity index (χ1) is 28.2. The second-order valence-corrected chi connectivity index (χ2v) is 15.1. The van der Waals surface area contributed by atoms with Gasteiger partial charge in [0.2, 0.25) is 0 Å². The monoisotopic (exact) mass is 733 g/mol. The maximum absolute atomic E-state index is 6.50. The zero-order chi connectivity index (χ0) is 37.7. The highest BCUT2D eigenvalue weighted by molar-refractivity contribution is 6.09. The number of aryl methyl sites for hydroxylation is 1. The summed E-state index contributed by atoms with van der Waals surface area (Å²) >= 11 is 0. The van der Waals surface area contributed by atoms with Crippen molar-refractivity contribution in [3.63, 3.8) is 0 Å². The van der Waals surface area contributed by atoms with Crippen molar-refractivity contribution >= 4 is 50.4 Å². The first-order valence-corrected chi connectivity index (χ1v) is 19.9. The van der Waals surface area contributed by atoms with Crippen molar-refractivity contribution in [1.29, 1.82) is 0 Å². The lowest BCUT2D eigenvalue weighted by atomic mass is 9.89. The van der Waals surface area contributed by atoms with Gasteiger partial charge in [0.05, 0.1) is 0 Å². The van der Waals surface area contributed by atoms with E-state index in [1.165, 1.54) is 38.8 Å². The van der Waals surface area contributed by atoms with Crippen molar-refractivity contribution in [2.24, 2.45) is 0 Å². The van der Waals surface area contributed by atoms with Crippen LogP contribution in [0.15, 0.2) is 203 Å². The van der Waals surface area contributed by atoms with E-state index >= 15 is 0 Å². The number of furan rings is 2. The number of anilines is 2. The van der Waals surface area contributed by atoms with Crippen LogP contribution in [-0.4, -0.2) is 0 Å². The molecule has 2 aliphatic carbocycles. The second kappa shape index (κ2) is 13.9. The van der Waals surface area contributed by atoms with Crippen molar-refractivity contribution in [2.45, 2.75) is 25.2 Å². The van der Waals surface area contributed by atoms with E-state index in [1.807, 2.05) is 12.1 Å². The van der Waals surface area contributed by atoms with Crippen LogP contribution in [0.3, 0.4) is 0 Å². The van der Waals surface area contributed by atoms with E-state index in [0.717, 1.165) is 80.7 Å². The van der Waals surface area contributed by atoms with Crippen LogP contribution in [0.4, 0.5) is 11.4 Å². The number of allylic oxidation sites excluding steroid dienone is 4. The molecule has 7 aromatic carbocycles. The van der Waals surface area contributed by atoms with E-state index in [0.29, 0.717) is 0 Å². The molecule has 11 rings (SSSR count). The smallest absolute Gasteiger partial charge is 0.143 e. The van der Waals surface area contributed by atoms with E-state index in [1.54, 1.807) is 0 Å². The van der Waals surface area contributed by atoms with Crippen LogP contribution in [-0.2, 0) is 6.42 Å². The van der Waals surface area contributed by atoms with Crippen LogP contribution < -0.4 is 4.90 Å². The molecule has 0 radical (unpaired) electrons. The third-order valence-electron chi connectivity index (χ3n) is 11.7. The van der Waals surface area contributed by atoms with Crippen molar-refractivity contribution < 1.29 is 8.83 Å². The van der Waals surface area contributed by atoms with Crippen molar-refractivity contribution in [2.75, 3.05) is 4.90 Å². The minimum Gasteiger partial charge on any atom is -0.456 e. The van der Waals surface area contributed by atoms with E-state index in [9.17, 15) is 0 Å². The molecule has 0 fully saturated rings. The minimum absolute atomic E-state index is 0.226. The molecule has 3 nitrogen and oxygen atoms in total. The lowest BCUT2D eigenvalue weighted by Crippen LogP contribution is -2.17. The number of benzene rings is 7. The van der Waals surface area contributed by atoms with Crippen LogP contribution in [0.1, 0.15) is 35.6 Å². The summed E-state index contributed by atoms with van der Waals surface area (Å²) in [4.78, 5) is 2.37. The van der Waals surface area contributed by atoms with Gasteiger partial charge in [0.1, 0.15) is 22.5 Å². The van der Waals surface area contributed by atoms with Gasteiger partial charge >= 0.3 is 0 Å². The predicted octanol–water partition coefficient (Wildman–Crippen LogP) is 15.1. The number of para-hydroxylation sites is 3. The molecular weight excluding hydrogens is 695 g/mol. The van der Waals surface area contributed by atoms with Gasteiger partial charge in [-0.05, 0) is 89.6 Å². The Balaban J connectivity index is 0.940. The summed E-state index contributed by atoms with van der Waals surface area (Å²) in [7, 11) is 0. The van der Waals surface area contributed by atoms with Crippen molar-refractivity contribution in [3.8, 4) is 33.4 Å². The molecule has 0 saturated heterocycles. The van der Waals surface area contributed by atoms with E-state index in [4.69, 9.17) is 8.83 Å². The lowest BCUT2D eigenvalue weighted by Gasteiger charge is -2.29. The maximum Gasteiger partial charge on any atom is 0.143 e. The molecule has 9 aromatic rings. The average molecular weight is 734 g/mol. The molecule has 0 amide bonds. The zero-order valence-electron chi connectivity index (χ0n) is 31.4. The zero-order valence-corrected chi connectivity index (χ0v) is 31.4. The summed E-state index contributed by atoms with van der Waals surface area (Å²) in [5, 5.41) is 3.53. The normalized spacial score (nSPS) is 14.9. The van der Waals surface area contributed by atoms with Crippen LogP contribution in [0.25, 0.3) is 72.4 Å². The highest BCUT2D eigenvalue weighted by Crippen LogP contribution is 2.42. The predicted molar refractivity (Wildman–Crippen MR) is 237 cm³/mol. The lowest BCUT2D eigenvalue weighted by molar-refractivity contribution is 0.588. The molecule has 2 aliphatic rings. The van der Waals surface area contributed by atoms with Gasteiger partial charge in [0, 0.05) is 55.8 Å². The van der Waals surface area contributed by atoms with E-state index in [2.05, 4.69) is 187 Å². The Bertz CT molecular complexity index is 3010. The number of fused-ring (bicyclic) bond motifs is 6. The summed E-state index contributed by atoms with van der Waals surface area (Å²) < 4.78 is 12.9. The molecule has 0 N–H and O–H groups in total. The fraction of sp³-hybridized carbons (Fsp3) is 0.0741. The topological polar surface area (TPSA) is 29.5 Å². The van der Waals surface area contributed by atoms with Gasteiger partial charge in [0.15, 0.2) is 0 Å². The summed E-state index contributed by atoms with van der Waals surface area (Å²) in [6.45, 7) is 0. The van der Waals surface area contributed by atoms with Crippen LogP contribution >= 0.6 is 0 Å². The summed E-state index contributed by atoms with van der Waals surface area (Å²) in [6.07, 6.45) is 14.4. The Labute approximate surface area is 332 Å². The molecule has 0 aliphatic heterocycles. The molecule has 272 valence electrons. The van der Waals surface area contributed by atoms with Crippen LogP contribution in [0.2, 0.25) is 0 Å². The molecular formula is C54H39NO2.